The van der Waals surface area contributed by atoms with E-state index in [1.165, 1.54) is 6.26 Å². The van der Waals surface area contributed by atoms with Crippen LogP contribution in [0.25, 0.3) is 0 Å². The summed E-state index contributed by atoms with van der Waals surface area (Å²) in [6.07, 6.45) is 6.68. The number of carbonyl (C=O) groups excluding carboxylic acids is 1. The molecule has 116 valence electrons. The lowest BCUT2D eigenvalue weighted by Gasteiger charge is -2.39. The third kappa shape index (κ3) is 3.52. The predicted octanol–water partition coefficient (Wildman–Crippen LogP) is 0.800. The van der Waals surface area contributed by atoms with Crippen LogP contribution in [-0.2, 0) is 14.6 Å². The topological polar surface area (TPSA) is 66.5 Å². The van der Waals surface area contributed by atoms with Gasteiger partial charge in [-0.1, -0.05) is 12.8 Å². The minimum Gasteiger partial charge on any atom is -0.341 e. The third-order valence-electron chi connectivity index (χ3n) is 4.71. The molecule has 1 N–H and O–H groups in total. The van der Waals surface area contributed by atoms with Crippen molar-refractivity contribution < 1.29 is 13.2 Å². The van der Waals surface area contributed by atoms with E-state index < -0.39 is 9.84 Å². The van der Waals surface area contributed by atoms with Crippen molar-refractivity contribution in [2.24, 2.45) is 5.92 Å². The molecule has 0 radical (unpaired) electrons. The number of amides is 1. The highest BCUT2D eigenvalue weighted by Crippen LogP contribution is 2.28. The van der Waals surface area contributed by atoms with Gasteiger partial charge in [-0.05, 0) is 32.2 Å². The van der Waals surface area contributed by atoms with Crippen LogP contribution in [0.1, 0.15) is 38.5 Å². The molecule has 2 rings (SSSR count). The minimum absolute atomic E-state index is 0.0101. The van der Waals surface area contributed by atoms with Gasteiger partial charge in [0, 0.05) is 25.9 Å². The van der Waals surface area contributed by atoms with Crippen LogP contribution in [0.4, 0.5) is 0 Å². The molecule has 5 nitrogen and oxygen atoms in total. The summed E-state index contributed by atoms with van der Waals surface area (Å²) < 4.78 is 23.9. The fourth-order valence-electron chi connectivity index (χ4n) is 3.53. The van der Waals surface area contributed by atoms with E-state index in [1.807, 2.05) is 0 Å². The van der Waals surface area contributed by atoms with Crippen LogP contribution in [0.2, 0.25) is 0 Å². The van der Waals surface area contributed by atoms with Crippen molar-refractivity contribution in [3.8, 4) is 0 Å². The Bertz CT molecular complexity index is 443. The maximum Gasteiger partial charge on any atom is 0.226 e. The summed E-state index contributed by atoms with van der Waals surface area (Å²) in [5.41, 5.74) is 0. The number of sulfone groups is 1. The second kappa shape index (κ2) is 6.43. The summed E-state index contributed by atoms with van der Waals surface area (Å²) >= 11 is 0. The highest BCUT2D eigenvalue weighted by atomic mass is 32.2. The Morgan fingerprint density at radius 3 is 2.45 bits per heavy atom. The van der Waals surface area contributed by atoms with Crippen LogP contribution in [0.5, 0.6) is 0 Å². The second-order valence-electron chi connectivity index (χ2n) is 6.21. The maximum absolute atomic E-state index is 12.6. The van der Waals surface area contributed by atoms with Crippen LogP contribution in [0.15, 0.2) is 0 Å². The monoisotopic (exact) mass is 302 g/mol. The molecule has 6 heteroatoms. The van der Waals surface area contributed by atoms with Gasteiger partial charge in [0.15, 0.2) is 9.84 Å². The zero-order valence-corrected chi connectivity index (χ0v) is 13.3. The van der Waals surface area contributed by atoms with Crippen molar-refractivity contribution in [3.63, 3.8) is 0 Å². The molecule has 1 saturated carbocycles. The fourth-order valence-corrected chi connectivity index (χ4v) is 5.02. The minimum atomic E-state index is -3.09. The molecule has 1 aliphatic carbocycles. The summed E-state index contributed by atoms with van der Waals surface area (Å²) in [5, 5.41) is 2.86. The summed E-state index contributed by atoms with van der Waals surface area (Å²) in [4.78, 5) is 14.3. The van der Waals surface area contributed by atoms with Crippen LogP contribution >= 0.6 is 0 Å². The average Bonchev–Trinajstić information content (AvgIpc) is 2.46. The summed E-state index contributed by atoms with van der Waals surface area (Å²) in [6.45, 7) is 1.70. The lowest BCUT2D eigenvalue weighted by Crippen LogP contribution is -2.52. The average molecular weight is 302 g/mol. The Morgan fingerprint density at radius 1 is 1.15 bits per heavy atom. The van der Waals surface area contributed by atoms with Crippen molar-refractivity contribution in [3.05, 3.63) is 0 Å². The van der Waals surface area contributed by atoms with E-state index in [1.54, 1.807) is 11.9 Å². The van der Waals surface area contributed by atoms with Crippen LogP contribution in [0.3, 0.4) is 0 Å². The summed E-state index contributed by atoms with van der Waals surface area (Å²) in [6, 6.07) is -0.145. The van der Waals surface area contributed by atoms with E-state index in [9.17, 15) is 13.2 Å². The Kier molecular flexibility index (Phi) is 5.07. The van der Waals surface area contributed by atoms with Gasteiger partial charge in [-0.15, -0.1) is 0 Å². The molecular formula is C14H26N2O3S. The molecule has 3 atom stereocenters. The van der Waals surface area contributed by atoms with E-state index in [-0.39, 0.29) is 23.1 Å². The van der Waals surface area contributed by atoms with Crippen LogP contribution in [0, 0.1) is 5.92 Å². The molecule has 1 amide bonds. The smallest absolute Gasteiger partial charge is 0.226 e. The van der Waals surface area contributed by atoms with E-state index in [2.05, 4.69) is 5.32 Å². The molecule has 0 bridgehead atoms. The van der Waals surface area contributed by atoms with Gasteiger partial charge in [0.1, 0.15) is 0 Å². The molecule has 0 spiro atoms. The van der Waals surface area contributed by atoms with Crippen LogP contribution in [-0.4, -0.2) is 56.9 Å². The zero-order valence-electron chi connectivity index (χ0n) is 12.5. The third-order valence-corrected chi connectivity index (χ3v) is 6.36. The lowest BCUT2D eigenvalue weighted by atomic mass is 9.91. The molecule has 0 aromatic heterocycles. The van der Waals surface area contributed by atoms with E-state index >= 15 is 0 Å². The van der Waals surface area contributed by atoms with Gasteiger partial charge in [-0.3, -0.25) is 4.79 Å². The van der Waals surface area contributed by atoms with Gasteiger partial charge in [0.25, 0.3) is 0 Å². The largest absolute Gasteiger partial charge is 0.341 e. The number of nitrogens with one attached hydrogen (secondary N) is 1. The first-order valence-corrected chi connectivity index (χ1v) is 9.53. The van der Waals surface area contributed by atoms with E-state index in [0.717, 1.165) is 45.2 Å². The number of hydrogen-bond acceptors (Lipinski definition) is 4. The van der Waals surface area contributed by atoms with Crippen molar-refractivity contribution in [2.45, 2.75) is 49.8 Å². The second-order valence-corrected chi connectivity index (χ2v) is 8.48. The molecule has 1 saturated heterocycles. The summed E-state index contributed by atoms with van der Waals surface area (Å²) in [7, 11) is -1.31. The van der Waals surface area contributed by atoms with E-state index in [4.69, 9.17) is 0 Å². The highest BCUT2D eigenvalue weighted by molar-refractivity contribution is 7.91. The number of nitrogens with zero attached hydrogens (tertiary/aromatic N) is 1. The molecule has 0 aromatic rings. The first-order valence-electron chi connectivity index (χ1n) is 7.57. The normalized spacial score (nSPS) is 31.8. The molecule has 2 fully saturated rings. The maximum atomic E-state index is 12.6. The van der Waals surface area contributed by atoms with Crippen molar-refractivity contribution >= 4 is 15.7 Å². The quantitative estimate of drug-likeness (QED) is 0.837. The van der Waals surface area contributed by atoms with Gasteiger partial charge < -0.3 is 10.2 Å². The Balaban J connectivity index is 2.08. The SMILES string of the molecule is CN(C(=O)C1CCCNC1)C1CCCCC1S(C)(=O)=O. The predicted molar refractivity (Wildman–Crippen MR) is 79.3 cm³/mol. The highest BCUT2D eigenvalue weighted by Gasteiger charge is 2.38. The van der Waals surface area contributed by atoms with Gasteiger partial charge in [0.05, 0.1) is 11.2 Å². The molecule has 3 unspecified atom stereocenters. The van der Waals surface area contributed by atoms with Crippen LogP contribution < -0.4 is 5.32 Å². The standard InChI is InChI=1S/C14H26N2O3S/c1-16(14(17)11-6-5-9-15-10-11)12-7-3-4-8-13(12)20(2,18)19/h11-13,15H,3-10H2,1-2H3. The van der Waals surface area contributed by atoms with Gasteiger partial charge >= 0.3 is 0 Å². The zero-order chi connectivity index (χ0) is 14.8. The van der Waals surface area contributed by atoms with Crippen molar-refractivity contribution in [2.75, 3.05) is 26.4 Å². The molecule has 1 heterocycles. The first kappa shape index (κ1) is 15.8. The molecule has 20 heavy (non-hydrogen) atoms. The molecule has 0 aromatic carbocycles. The molecule has 1 aliphatic heterocycles. The lowest BCUT2D eigenvalue weighted by molar-refractivity contribution is -0.137. The van der Waals surface area contributed by atoms with Gasteiger partial charge in [-0.2, -0.15) is 0 Å². The van der Waals surface area contributed by atoms with Gasteiger partial charge in [-0.25, -0.2) is 8.42 Å². The summed E-state index contributed by atoms with van der Waals surface area (Å²) in [5.74, 6) is 0.119. The number of rotatable bonds is 3. The Hall–Kier alpha value is -0.620. The Morgan fingerprint density at radius 2 is 1.85 bits per heavy atom. The number of hydrogen-bond donors (Lipinski definition) is 1. The van der Waals surface area contributed by atoms with Gasteiger partial charge in [0.2, 0.25) is 5.91 Å². The molecular weight excluding hydrogens is 276 g/mol. The Labute approximate surface area is 122 Å². The van der Waals surface area contributed by atoms with Crippen molar-refractivity contribution in [1.82, 2.24) is 10.2 Å². The van der Waals surface area contributed by atoms with Crippen molar-refractivity contribution in [1.29, 1.82) is 0 Å². The molecule has 2 aliphatic rings. The van der Waals surface area contributed by atoms with E-state index in [0.29, 0.717) is 6.42 Å². The number of piperidine rings is 1. The first-order chi connectivity index (χ1) is 9.41. The fraction of sp³-hybridized carbons (Fsp3) is 0.929. The number of carbonyl (C=O) groups is 1.